The van der Waals surface area contributed by atoms with Gasteiger partial charge < -0.3 is 5.32 Å². The zero-order valence-electron chi connectivity index (χ0n) is 9.88. The van der Waals surface area contributed by atoms with Crippen molar-refractivity contribution in [3.8, 4) is 0 Å². The van der Waals surface area contributed by atoms with Gasteiger partial charge in [-0.3, -0.25) is 0 Å². The molecule has 1 aromatic carbocycles. The van der Waals surface area contributed by atoms with E-state index in [1.807, 2.05) is 6.08 Å². The molecule has 0 heterocycles. The summed E-state index contributed by atoms with van der Waals surface area (Å²) in [7, 11) is 0. The van der Waals surface area contributed by atoms with Gasteiger partial charge in [0.15, 0.2) is 0 Å². The SMILES string of the molecule is C=CCCCC(NCC)c1ccccc1Br. The fourth-order valence-corrected chi connectivity index (χ4v) is 2.40. The topological polar surface area (TPSA) is 12.0 Å². The van der Waals surface area contributed by atoms with Gasteiger partial charge in [0, 0.05) is 10.5 Å². The maximum atomic E-state index is 3.76. The average Bonchev–Trinajstić information content (AvgIpc) is 2.29. The van der Waals surface area contributed by atoms with Gasteiger partial charge in [0.1, 0.15) is 0 Å². The van der Waals surface area contributed by atoms with E-state index in [-0.39, 0.29) is 0 Å². The van der Waals surface area contributed by atoms with E-state index < -0.39 is 0 Å². The lowest BCUT2D eigenvalue weighted by molar-refractivity contribution is 0.499. The molecule has 0 aliphatic carbocycles. The largest absolute Gasteiger partial charge is 0.310 e. The summed E-state index contributed by atoms with van der Waals surface area (Å²) in [6, 6.07) is 8.89. The quantitative estimate of drug-likeness (QED) is 0.575. The Morgan fingerprint density at radius 1 is 1.44 bits per heavy atom. The Morgan fingerprint density at radius 3 is 2.81 bits per heavy atom. The molecule has 0 amide bonds. The zero-order chi connectivity index (χ0) is 11.8. The van der Waals surface area contributed by atoms with E-state index >= 15 is 0 Å². The lowest BCUT2D eigenvalue weighted by atomic mass is 10.0. The summed E-state index contributed by atoms with van der Waals surface area (Å²) in [4.78, 5) is 0. The highest BCUT2D eigenvalue weighted by molar-refractivity contribution is 9.10. The van der Waals surface area contributed by atoms with E-state index in [1.165, 1.54) is 16.5 Å². The molecule has 1 N–H and O–H groups in total. The molecule has 0 aliphatic heterocycles. The predicted octanol–water partition coefficient (Wildman–Crippen LogP) is 4.46. The molecule has 0 aromatic heterocycles. The second-order valence-electron chi connectivity index (χ2n) is 3.85. The number of unbranched alkanes of at least 4 members (excludes halogenated alkanes) is 1. The summed E-state index contributed by atoms with van der Waals surface area (Å²) in [5, 5.41) is 3.53. The Bertz CT molecular complexity index is 322. The number of rotatable bonds is 7. The van der Waals surface area contributed by atoms with Gasteiger partial charge in [0.2, 0.25) is 0 Å². The smallest absolute Gasteiger partial charge is 0.0331 e. The van der Waals surface area contributed by atoms with E-state index in [0.29, 0.717) is 6.04 Å². The Labute approximate surface area is 107 Å². The lowest BCUT2D eigenvalue weighted by Crippen LogP contribution is -2.21. The third-order valence-corrected chi connectivity index (χ3v) is 3.35. The van der Waals surface area contributed by atoms with Crippen LogP contribution in [0.15, 0.2) is 41.4 Å². The van der Waals surface area contributed by atoms with Crippen molar-refractivity contribution in [2.24, 2.45) is 0 Å². The fourth-order valence-electron chi connectivity index (χ4n) is 1.84. The van der Waals surface area contributed by atoms with Crippen molar-refractivity contribution in [2.45, 2.75) is 32.2 Å². The van der Waals surface area contributed by atoms with Gasteiger partial charge in [0.25, 0.3) is 0 Å². The van der Waals surface area contributed by atoms with E-state index in [1.54, 1.807) is 0 Å². The highest BCUT2D eigenvalue weighted by Gasteiger charge is 2.11. The van der Waals surface area contributed by atoms with Crippen molar-refractivity contribution in [2.75, 3.05) is 6.54 Å². The Hall–Kier alpha value is -0.600. The molecule has 1 atom stereocenters. The maximum absolute atomic E-state index is 3.76. The molecule has 88 valence electrons. The molecular weight excluding hydrogens is 262 g/mol. The number of benzene rings is 1. The number of halogens is 1. The zero-order valence-corrected chi connectivity index (χ0v) is 11.5. The van der Waals surface area contributed by atoms with Gasteiger partial charge in [0.05, 0.1) is 0 Å². The van der Waals surface area contributed by atoms with Gasteiger partial charge in [-0.05, 0) is 37.4 Å². The minimum atomic E-state index is 0.445. The molecule has 0 aliphatic rings. The van der Waals surface area contributed by atoms with Crippen LogP contribution < -0.4 is 5.32 Å². The van der Waals surface area contributed by atoms with Crippen LogP contribution in [-0.2, 0) is 0 Å². The molecule has 1 nitrogen and oxygen atoms in total. The van der Waals surface area contributed by atoms with E-state index in [9.17, 15) is 0 Å². The normalized spacial score (nSPS) is 12.4. The van der Waals surface area contributed by atoms with Gasteiger partial charge in [-0.25, -0.2) is 0 Å². The molecule has 0 fully saturated rings. The van der Waals surface area contributed by atoms with Crippen molar-refractivity contribution in [1.29, 1.82) is 0 Å². The first-order valence-corrected chi connectivity index (χ1v) is 6.67. The first-order valence-electron chi connectivity index (χ1n) is 5.88. The first kappa shape index (κ1) is 13.5. The maximum Gasteiger partial charge on any atom is 0.0331 e. The highest BCUT2D eigenvalue weighted by atomic mass is 79.9. The van der Waals surface area contributed by atoms with Crippen molar-refractivity contribution in [3.63, 3.8) is 0 Å². The molecule has 16 heavy (non-hydrogen) atoms. The first-order chi connectivity index (χ1) is 7.79. The van der Waals surface area contributed by atoms with Crippen LogP contribution in [0.25, 0.3) is 0 Å². The van der Waals surface area contributed by atoms with Crippen molar-refractivity contribution in [3.05, 3.63) is 47.0 Å². The van der Waals surface area contributed by atoms with Crippen LogP contribution in [0.2, 0.25) is 0 Å². The summed E-state index contributed by atoms with van der Waals surface area (Å²) in [6.45, 7) is 6.91. The van der Waals surface area contributed by atoms with E-state index in [2.05, 4.69) is 59.0 Å². The van der Waals surface area contributed by atoms with Crippen LogP contribution >= 0.6 is 15.9 Å². The second-order valence-corrected chi connectivity index (χ2v) is 4.71. The van der Waals surface area contributed by atoms with Crippen molar-refractivity contribution >= 4 is 15.9 Å². The Balaban J connectivity index is 2.68. The van der Waals surface area contributed by atoms with Gasteiger partial charge >= 0.3 is 0 Å². The van der Waals surface area contributed by atoms with Gasteiger partial charge in [-0.15, -0.1) is 6.58 Å². The van der Waals surface area contributed by atoms with Crippen LogP contribution in [0.1, 0.15) is 37.8 Å². The van der Waals surface area contributed by atoms with Crippen LogP contribution in [0.3, 0.4) is 0 Å². The molecule has 2 heteroatoms. The average molecular weight is 282 g/mol. The Morgan fingerprint density at radius 2 is 2.19 bits per heavy atom. The summed E-state index contributed by atoms with van der Waals surface area (Å²) >= 11 is 3.62. The van der Waals surface area contributed by atoms with E-state index in [0.717, 1.165) is 19.4 Å². The molecule has 0 spiro atoms. The minimum Gasteiger partial charge on any atom is -0.310 e. The van der Waals surface area contributed by atoms with E-state index in [4.69, 9.17) is 0 Å². The number of nitrogens with one attached hydrogen (secondary N) is 1. The number of hydrogen-bond acceptors (Lipinski definition) is 1. The predicted molar refractivity (Wildman–Crippen MR) is 74.6 cm³/mol. The third kappa shape index (κ3) is 4.11. The molecular formula is C14H20BrN. The summed E-state index contributed by atoms with van der Waals surface area (Å²) in [6.07, 6.45) is 5.42. The standard InChI is InChI=1S/C14H20BrN/c1-3-5-6-11-14(16-4-2)12-9-7-8-10-13(12)15/h3,7-10,14,16H,1,4-6,11H2,2H3. The molecule has 0 saturated heterocycles. The number of hydrogen-bond donors (Lipinski definition) is 1. The highest BCUT2D eigenvalue weighted by Crippen LogP contribution is 2.26. The minimum absolute atomic E-state index is 0.445. The van der Waals surface area contributed by atoms with Crippen LogP contribution in [-0.4, -0.2) is 6.54 Å². The molecule has 0 saturated carbocycles. The third-order valence-electron chi connectivity index (χ3n) is 2.63. The van der Waals surface area contributed by atoms with Crippen LogP contribution in [0.4, 0.5) is 0 Å². The molecule has 1 aromatic rings. The monoisotopic (exact) mass is 281 g/mol. The molecule has 0 radical (unpaired) electrons. The molecule has 0 bridgehead atoms. The van der Waals surface area contributed by atoms with Crippen molar-refractivity contribution < 1.29 is 0 Å². The van der Waals surface area contributed by atoms with Gasteiger partial charge in [-0.2, -0.15) is 0 Å². The Kier molecular flexibility index (Phi) is 6.43. The summed E-state index contributed by atoms with van der Waals surface area (Å²) < 4.78 is 1.19. The van der Waals surface area contributed by atoms with Gasteiger partial charge in [-0.1, -0.05) is 47.1 Å². The lowest BCUT2D eigenvalue weighted by Gasteiger charge is -2.19. The van der Waals surface area contributed by atoms with Crippen LogP contribution in [0.5, 0.6) is 0 Å². The fraction of sp³-hybridized carbons (Fsp3) is 0.429. The molecule has 1 rings (SSSR count). The molecule has 1 unspecified atom stereocenters. The number of allylic oxidation sites excluding steroid dienone is 1. The van der Waals surface area contributed by atoms with Crippen molar-refractivity contribution in [1.82, 2.24) is 5.32 Å². The summed E-state index contributed by atoms with van der Waals surface area (Å²) in [5.41, 5.74) is 1.36. The van der Waals surface area contributed by atoms with Crippen LogP contribution in [0, 0.1) is 0 Å². The second kappa shape index (κ2) is 7.64. The summed E-state index contributed by atoms with van der Waals surface area (Å²) in [5.74, 6) is 0.